The molecule has 3 rings (SSSR count). The Balaban J connectivity index is 1.73. The normalized spacial score (nSPS) is 15.0. The van der Waals surface area contributed by atoms with E-state index in [-0.39, 0.29) is 11.4 Å². The van der Waals surface area contributed by atoms with E-state index in [9.17, 15) is 4.79 Å². The van der Waals surface area contributed by atoms with Gasteiger partial charge in [0, 0.05) is 30.5 Å². The van der Waals surface area contributed by atoms with Gasteiger partial charge in [0.2, 0.25) is 5.95 Å². The van der Waals surface area contributed by atoms with Crippen LogP contribution in [0.25, 0.3) is 0 Å². The Morgan fingerprint density at radius 2 is 1.95 bits per heavy atom. The second kappa shape index (κ2) is 5.84. The van der Waals surface area contributed by atoms with E-state index in [0.717, 1.165) is 37.7 Å². The number of nitrogens with zero attached hydrogens (tertiary/aromatic N) is 2. The van der Waals surface area contributed by atoms with Crippen molar-refractivity contribution in [2.24, 2.45) is 0 Å². The zero-order valence-corrected chi connectivity index (χ0v) is 11.5. The monoisotopic (exact) mass is 287 g/mol. The molecule has 0 radical (unpaired) electrons. The third-order valence-corrected chi connectivity index (χ3v) is 3.27. The fraction of sp³-hybridized carbons (Fsp3) is 0.286. The minimum absolute atomic E-state index is 0.186. The molecule has 0 aliphatic carbocycles. The summed E-state index contributed by atoms with van der Waals surface area (Å²) in [5.74, 6) is 0.519. The lowest BCUT2D eigenvalue weighted by molar-refractivity contribution is 0.122. The number of H-pyrrole nitrogens is 1. The molecule has 110 valence electrons. The summed E-state index contributed by atoms with van der Waals surface area (Å²) in [6.07, 6.45) is 0. The van der Waals surface area contributed by atoms with E-state index in [2.05, 4.69) is 20.2 Å². The molecule has 1 aliphatic rings. The Hall–Kier alpha value is -2.54. The van der Waals surface area contributed by atoms with Crippen LogP contribution in [0.3, 0.4) is 0 Å². The van der Waals surface area contributed by atoms with Gasteiger partial charge < -0.3 is 20.7 Å². The molecule has 0 unspecified atom stereocenters. The van der Waals surface area contributed by atoms with Gasteiger partial charge in [0.05, 0.1) is 13.2 Å². The zero-order valence-electron chi connectivity index (χ0n) is 11.5. The highest BCUT2D eigenvalue weighted by molar-refractivity contribution is 5.59. The van der Waals surface area contributed by atoms with Crippen LogP contribution in [-0.2, 0) is 4.74 Å². The quantitative estimate of drug-likeness (QED) is 0.777. The van der Waals surface area contributed by atoms with Crippen molar-refractivity contribution in [2.75, 3.05) is 42.3 Å². The first kappa shape index (κ1) is 13.4. The van der Waals surface area contributed by atoms with E-state index in [4.69, 9.17) is 10.5 Å². The topological polar surface area (TPSA) is 96.3 Å². The zero-order chi connectivity index (χ0) is 14.7. The number of aromatic amines is 1. The molecule has 1 aliphatic heterocycles. The Bertz CT molecular complexity index is 662. The number of nitrogens with two attached hydrogens (primary N) is 1. The maximum absolute atomic E-state index is 11.3. The van der Waals surface area contributed by atoms with Crippen LogP contribution in [0.15, 0.2) is 35.1 Å². The maximum Gasteiger partial charge on any atom is 0.254 e. The average molecular weight is 287 g/mol. The van der Waals surface area contributed by atoms with Crippen molar-refractivity contribution in [3.8, 4) is 0 Å². The number of morpholine rings is 1. The van der Waals surface area contributed by atoms with Crippen molar-refractivity contribution in [1.82, 2.24) is 9.97 Å². The maximum atomic E-state index is 11.3. The third kappa shape index (κ3) is 3.32. The van der Waals surface area contributed by atoms with Gasteiger partial charge in [-0.05, 0) is 24.3 Å². The average Bonchev–Trinajstić information content (AvgIpc) is 2.48. The van der Waals surface area contributed by atoms with Crippen LogP contribution in [0.1, 0.15) is 0 Å². The Morgan fingerprint density at radius 3 is 2.62 bits per heavy atom. The molecule has 1 aromatic carbocycles. The van der Waals surface area contributed by atoms with Crippen LogP contribution in [0.2, 0.25) is 0 Å². The minimum Gasteiger partial charge on any atom is -0.383 e. The van der Waals surface area contributed by atoms with Crippen LogP contribution >= 0.6 is 0 Å². The highest BCUT2D eigenvalue weighted by atomic mass is 16.5. The fourth-order valence-electron chi connectivity index (χ4n) is 2.25. The van der Waals surface area contributed by atoms with Gasteiger partial charge in [-0.3, -0.25) is 9.78 Å². The van der Waals surface area contributed by atoms with Gasteiger partial charge in [-0.15, -0.1) is 0 Å². The van der Waals surface area contributed by atoms with Crippen molar-refractivity contribution in [1.29, 1.82) is 0 Å². The fourth-order valence-corrected chi connectivity index (χ4v) is 2.25. The Kier molecular flexibility index (Phi) is 3.74. The molecule has 0 amide bonds. The van der Waals surface area contributed by atoms with E-state index >= 15 is 0 Å². The predicted molar refractivity (Wildman–Crippen MR) is 82.0 cm³/mol. The first-order valence-electron chi connectivity index (χ1n) is 6.77. The molecule has 2 aromatic rings. The molecule has 0 atom stereocenters. The van der Waals surface area contributed by atoms with Gasteiger partial charge in [-0.2, -0.15) is 4.98 Å². The smallest absolute Gasteiger partial charge is 0.254 e. The van der Waals surface area contributed by atoms with E-state index in [1.807, 2.05) is 24.3 Å². The van der Waals surface area contributed by atoms with Crippen LogP contribution in [0, 0.1) is 0 Å². The second-order valence-corrected chi connectivity index (χ2v) is 4.79. The molecule has 1 fully saturated rings. The summed E-state index contributed by atoms with van der Waals surface area (Å²) in [5, 5.41) is 3.03. The van der Waals surface area contributed by atoms with Crippen LogP contribution in [0.4, 0.5) is 23.1 Å². The molecule has 4 N–H and O–H groups in total. The molecule has 2 heterocycles. The van der Waals surface area contributed by atoms with E-state index in [0.29, 0.717) is 5.95 Å². The van der Waals surface area contributed by atoms with Crippen molar-refractivity contribution < 1.29 is 4.74 Å². The number of aromatic nitrogens is 2. The predicted octanol–water partition coefficient (Wildman–Crippen LogP) is 0.932. The van der Waals surface area contributed by atoms with Crippen LogP contribution in [0.5, 0.6) is 0 Å². The number of anilines is 4. The number of nitrogens with one attached hydrogen (secondary N) is 2. The van der Waals surface area contributed by atoms with Gasteiger partial charge in [0.15, 0.2) is 0 Å². The summed E-state index contributed by atoms with van der Waals surface area (Å²) >= 11 is 0. The molecule has 0 bridgehead atoms. The third-order valence-electron chi connectivity index (χ3n) is 3.27. The summed E-state index contributed by atoms with van der Waals surface area (Å²) in [7, 11) is 0. The molecule has 7 nitrogen and oxygen atoms in total. The molecule has 1 aromatic heterocycles. The molecular formula is C14H17N5O2. The molecule has 0 spiro atoms. The minimum atomic E-state index is -0.282. The molecule has 21 heavy (non-hydrogen) atoms. The first-order chi connectivity index (χ1) is 10.2. The van der Waals surface area contributed by atoms with Gasteiger partial charge in [-0.25, -0.2) is 0 Å². The van der Waals surface area contributed by atoms with Crippen LogP contribution < -0.4 is 21.5 Å². The van der Waals surface area contributed by atoms with Crippen molar-refractivity contribution >= 4 is 23.1 Å². The molecule has 7 heteroatoms. The highest BCUT2D eigenvalue weighted by Gasteiger charge is 2.10. The lowest BCUT2D eigenvalue weighted by Crippen LogP contribution is -2.36. The Labute approximate surface area is 121 Å². The number of rotatable bonds is 3. The molecule has 0 saturated carbocycles. The number of nitrogen functional groups attached to an aromatic ring is 1. The summed E-state index contributed by atoms with van der Waals surface area (Å²) in [5.41, 5.74) is 7.25. The Morgan fingerprint density at radius 1 is 1.24 bits per heavy atom. The van der Waals surface area contributed by atoms with E-state index in [1.165, 1.54) is 6.07 Å². The molecular weight excluding hydrogens is 270 g/mol. The largest absolute Gasteiger partial charge is 0.383 e. The van der Waals surface area contributed by atoms with Gasteiger partial charge in [-0.1, -0.05) is 0 Å². The first-order valence-corrected chi connectivity index (χ1v) is 6.77. The SMILES string of the molecule is Nc1cc(=O)[nH]c(Nc2ccc(N3CCOCC3)cc2)n1. The number of benzene rings is 1. The standard InChI is InChI=1S/C14H17N5O2/c15-12-9-13(20)18-14(17-12)16-10-1-3-11(4-2-10)19-5-7-21-8-6-19/h1-4,9H,5-8H2,(H4,15,16,17,18,20). The van der Waals surface area contributed by atoms with Crippen LogP contribution in [-0.4, -0.2) is 36.3 Å². The number of ether oxygens (including phenoxy) is 1. The second-order valence-electron chi connectivity index (χ2n) is 4.79. The van der Waals surface area contributed by atoms with Gasteiger partial charge >= 0.3 is 0 Å². The highest BCUT2D eigenvalue weighted by Crippen LogP contribution is 2.20. The summed E-state index contributed by atoms with van der Waals surface area (Å²) in [4.78, 5) is 20.2. The van der Waals surface area contributed by atoms with Crippen molar-refractivity contribution in [3.05, 3.63) is 40.7 Å². The van der Waals surface area contributed by atoms with Gasteiger partial charge in [0.25, 0.3) is 5.56 Å². The van der Waals surface area contributed by atoms with Crippen molar-refractivity contribution in [2.45, 2.75) is 0 Å². The summed E-state index contributed by atoms with van der Waals surface area (Å²) < 4.78 is 5.34. The lowest BCUT2D eigenvalue weighted by Gasteiger charge is -2.28. The summed E-state index contributed by atoms with van der Waals surface area (Å²) in [6.45, 7) is 3.32. The number of hydrogen-bond acceptors (Lipinski definition) is 6. The summed E-state index contributed by atoms with van der Waals surface area (Å²) in [6, 6.07) is 9.17. The number of hydrogen-bond donors (Lipinski definition) is 3. The van der Waals surface area contributed by atoms with Crippen molar-refractivity contribution in [3.63, 3.8) is 0 Å². The molecule has 1 saturated heterocycles. The van der Waals surface area contributed by atoms with E-state index in [1.54, 1.807) is 0 Å². The van der Waals surface area contributed by atoms with E-state index < -0.39 is 0 Å². The van der Waals surface area contributed by atoms with Gasteiger partial charge in [0.1, 0.15) is 5.82 Å². The lowest BCUT2D eigenvalue weighted by atomic mass is 10.2.